The number of hydrogen-bond acceptors (Lipinski definition) is 4. The van der Waals surface area contributed by atoms with Crippen molar-refractivity contribution in [1.82, 2.24) is 15.0 Å². The van der Waals surface area contributed by atoms with E-state index in [4.69, 9.17) is 4.74 Å². The first-order chi connectivity index (χ1) is 14.8. The Morgan fingerprint density at radius 1 is 1.03 bits per heavy atom. The van der Waals surface area contributed by atoms with Crippen LogP contribution in [0.4, 0.5) is 0 Å². The average molecular weight is 398 g/mol. The van der Waals surface area contributed by atoms with E-state index >= 15 is 0 Å². The van der Waals surface area contributed by atoms with Crippen molar-refractivity contribution in [2.45, 2.75) is 13.0 Å². The van der Waals surface area contributed by atoms with Gasteiger partial charge in [-0.1, -0.05) is 36.4 Å². The SMILES string of the molecule is O=C(N/N=C\c1cn(CCCOc2ccccc2)c2ccccc12)c1ccncc1. The van der Waals surface area contributed by atoms with E-state index in [0.717, 1.165) is 35.2 Å². The predicted molar refractivity (Wildman–Crippen MR) is 118 cm³/mol. The van der Waals surface area contributed by atoms with Crippen LogP contribution in [0.5, 0.6) is 5.75 Å². The van der Waals surface area contributed by atoms with E-state index in [1.54, 1.807) is 30.7 Å². The molecule has 2 aromatic carbocycles. The quantitative estimate of drug-likeness (QED) is 0.274. The summed E-state index contributed by atoms with van der Waals surface area (Å²) < 4.78 is 7.98. The predicted octanol–water partition coefficient (Wildman–Crippen LogP) is 4.27. The molecule has 0 aliphatic rings. The van der Waals surface area contributed by atoms with Gasteiger partial charge in [-0.3, -0.25) is 9.78 Å². The zero-order chi connectivity index (χ0) is 20.6. The van der Waals surface area contributed by atoms with Crippen LogP contribution in [0.1, 0.15) is 22.3 Å². The lowest BCUT2D eigenvalue weighted by atomic mass is 10.2. The smallest absolute Gasteiger partial charge is 0.271 e. The minimum Gasteiger partial charge on any atom is -0.494 e. The Hall–Kier alpha value is -3.93. The largest absolute Gasteiger partial charge is 0.494 e. The van der Waals surface area contributed by atoms with Gasteiger partial charge in [-0.05, 0) is 36.8 Å². The number of nitrogens with zero attached hydrogens (tertiary/aromatic N) is 3. The van der Waals surface area contributed by atoms with Crippen molar-refractivity contribution in [3.63, 3.8) is 0 Å². The molecule has 1 amide bonds. The monoisotopic (exact) mass is 398 g/mol. The fraction of sp³-hybridized carbons (Fsp3) is 0.125. The van der Waals surface area contributed by atoms with Crippen molar-refractivity contribution >= 4 is 23.0 Å². The molecule has 0 spiro atoms. The van der Waals surface area contributed by atoms with E-state index in [0.29, 0.717) is 12.2 Å². The molecular formula is C24H22N4O2. The maximum absolute atomic E-state index is 12.1. The standard InChI is InChI=1S/C24H22N4O2/c29-24(19-11-13-25-14-12-19)27-26-17-20-18-28(23-10-5-4-9-22(20)23)15-6-16-30-21-7-2-1-3-8-21/h1-5,7-14,17-18H,6,15-16H2,(H,27,29)/b26-17-. The molecule has 0 saturated carbocycles. The minimum atomic E-state index is -0.268. The highest BCUT2D eigenvalue weighted by atomic mass is 16.5. The number of aromatic nitrogens is 2. The number of hydrogen-bond donors (Lipinski definition) is 1. The van der Waals surface area contributed by atoms with Crippen LogP contribution in [0.15, 0.2) is 90.4 Å². The second-order valence-electron chi connectivity index (χ2n) is 6.75. The Bertz CT molecular complexity index is 1140. The molecule has 0 aliphatic heterocycles. The summed E-state index contributed by atoms with van der Waals surface area (Å²) in [5, 5.41) is 5.22. The first-order valence-electron chi connectivity index (χ1n) is 9.80. The molecule has 0 aliphatic carbocycles. The third-order valence-corrected chi connectivity index (χ3v) is 4.69. The number of amides is 1. The summed E-state index contributed by atoms with van der Waals surface area (Å²) in [6.45, 7) is 1.46. The Kier molecular flexibility index (Phi) is 6.15. The van der Waals surface area contributed by atoms with Gasteiger partial charge < -0.3 is 9.30 Å². The third kappa shape index (κ3) is 4.72. The van der Waals surface area contributed by atoms with Gasteiger partial charge in [-0.25, -0.2) is 5.43 Å². The normalized spacial score (nSPS) is 11.1. The number of aryl methyl sites for hydroxylation is 1. The van der Waals surface area contributed by atoms with Gasteiger partial charge in [-0.15, -0.1) is 0 Å². The van der Waals surface area contributed by atoms with E-state index in [1.807, 2.05) is 42.5 Å². The fourth-order valence-corrected chi connectivity index (χ4v) is 3.23. The molecular weight excluding hydrogens is 376 g/mol. The van der Waals surface area contributed by atoms with Crippen molar-refractivity contribution in [2.75, 3.05) is 6.61 Å². The zero-order valence-corrected chi connectivity index (χ0v) is 16.4. The molecule has 1 N–H and O–H groups in total. The van der Waals surface area contributed by atoms with Gasteiger partial charge in [-0.2, -0.15) is 5.10 Å². The number of para-hydroxylation sites is 2. The number of carbonyl (C=O) groups excluding carboxylic acids is 1. The fourth-order valence-electron chi connectivity index (χ4n) is 3.23. The molecule has 2 aromatic heterocycles. The summed E-state index contributed by atoms with van der Waals surface area (Å²) in [6.07, 6.45) is 7.76. The summed E-state index contributed by atoms with van der Waals surface area (Å²) in [5.41, 5.74) is 5.15. The molecule has 0 atom stereocenters. The van der Waals surface area contributed by atoms with Crippen LogP contribution in [-0.4, -0.2) is 28.3 Å². The van der Waals surface area contributed by atoms with Crippen molar-refractivity contribution in [2.24, 2.45) is 5.10 Å². The molecule has 6 nitrogen and oxygen atoms in total. The zero-order valence-electron chi connectivity index (χ0n) is 16.4. The van der Waals surface area contributed by atoms with Gasteiger partial charge in [0.1, 0.15) is 5.75 Å². The highest BCUT2D eigenvalue weighted by molar-refractivity contribution is 6.00. The van der Waals surface area contributed by atoms with Crippen molar-refractivity contribution in [3.8, 4) is 5.75 Å². The average Bonchev–Trinajstić information content (AvgIpc) is 3.16. The van der Waals surface area contributed by atoms with Gasteiger partial charge >= 0.3 is 0 Å². The van der Waals surface area contributed by atoms with E-state index in [2.05, 4.69) is 38.4 Å². The topological polar surface area (TPSA) is 68.5 Å². The lowest BCUT2D eigenvalue weighted by Gasteiger charge is -2.07. The van der Waals surface area contributed by atoms with Gasteiger partial charge in [0.25, 0.3) is 5.91 Å². The first kappa shape index (κ1) is 19.4. The maximum Gasteiger partial charge on any atom is 0.271 e. The van der Waals surface area contributed by atoms with Gasteiger partial charge in [0.05, 0.1) is 12.8 Å². The second kappa shape index (κ2) is 9.52. The van der Waals surface area contributed by atoms with Crippen LogP contribution in [0, 0.1) is 0 Å². The van der Waals surface area contributed by atoms with E-state index in [1.165, 1.54) is 0 Å². The molecule has 0 fully saturated rings. The summed E-state index contributed by atoms with van der Waals surface area (Å²) >= 11 is 0. The van der Waals surface area contributed by atoms with Crippen molar-refractivity contribution in [1.29, 1.82) is 0 Å². The summed E-state index contributed by atoms with van der Waals surface area (Å²) in [6, 6.07) is 21.3. The van der Waals surface area contributed by atoms with Crippen molar-refractivity contribution in [3.05, 3.63) is 96.4 Å². The Labute approximate surface area is 174 Å². The van der Waals surface area contributed by atoms with E-state index in [-0.39, 0.29) is 5.91 Å². The number of hydrazone groups is 1. The molecule has 2 heterocycles. The van der Waals surface area contributed by atoms with Crippen LogP contribution in [0.25, 0.3) is 10.9 Å². The number of pyridine rings is 1. The number of ether oxygens (including phenoxy) is 1. The number of fused-ring (bicyclic) bond motifs is 1. The van der Waals surface area contributed by atoms with Gasteiger partial charge in [0.2, 0.25) is 0 Å². The minimum absolute atomic E-state index is 0.268. The van der Waals surface area contributed by atoms with Crippen LogP contribution in [0.3, 0.4) is 0 Å². The summed E-state index contributed by atoms with van der Waals surface area (Å²) in [4.78, 5) is 16.0. The third-order valence-electron chi connectivity index (χ3n) is 4.69. The molecule has 0 saturated heterocycles. The highest BCUT2D eigenvalue weighted by Gasteiger charge is 2.07. The Morgan fingerprint density at radius 3 is 2.63 bits per heavy atom. The molecule has 0 radical (unpaired) electrons. The van der Waals surface area contributed by atoms with Gasteiger partial charge in [0, 0.05) is 47.2 Å². The number of carbonyl (C=O) groups is 1. The maximum atomic E-state index is 12.1. The lowest BCUT2D eigenvalue weighted by molar-refractivity contribution is 0.0955. The van der Waals surface area contributed by atoms with Crippen LogP contribution in [-0.2, 0) is 6.54 Å². The van der Waals surface area contributed by atoms with Crippen molar-refractivity contribution < 1.29 is 9.53 Å². The van der Waals surface area contributed by atoms with Crippen LogP contribution in [0.2, 0.25) is 0 Å². The molecule has 0 unspecified atom stereocenters. The van der Waals surface area contributed by atoms with E-state index in [9.17, 15) is 4.79 Å². The van der Waals surface area contributed by atoms with E-state index < -0.39 is 0 Å². The number of benzene rings is 2. The van der Waals surface area contributed by atoms with Crippen LogP contribution < -0.4 is 10.2 Å². The Balaban J connectivity index is 1.41. The first-order valence-corrected chi connectivity index (χ1v) is 9.80. The van der Waals surface area contributed by atoms with Gasteiger partial charge in [0.15, 0.2) is 0 Å². The lowest BCUT2D eigenvalue weighted by Crippen LogP contribution is -2.17. The molecule has 150 valence electrons. The summed E-state index contributed by atoms with van der Waals surface area (Å²) in [7, 11) is 0. The molecule has 4 rings (SSSR count). The summed E-state index contributed by atoms with van der Waals surface area (Å²) in [5.74, 6) is 0.614. The Morgan fingerprint density at radius 2 is 1.80 bits per heavy atom. The molecule has 6 heteroatoms. The molecule has 0 bridgehead atoms. The molecule has 30 heavy (non-hydrogen) atoms. The number of nitrogens with one attached hydrogen (secondary N) is 1. The number of rotatable bonds is 8. The molecule has 4 aromatic rings. The highest BCUT2D eigenvalue weighted by Crippen LogP contribution is 2.20. The van der Waals surface area contributed by atoms with Crippen LogP contribution >= 0.6 is 0 Å². The second-order valence-corrected chi connectivity index (χ2v) is 6.75.